The van der Waals surface area contributed by atoms with E-state index in [9.17, 15) is 5.21 Å². The number of hydrogen-bond acceptors (Lipinski definition) is 2. The van der Waals surface area contributed by atoms with Gasteiger partial charge in [0.15, 0.2) is 0 Å². The molecular weight excluding hydrogens is 174 g/mol. The molecule has 0 fully saturated rings. The van der Waals surface area contributed by atoms with Gasteiger partial charge in [0.2, 0.25) is 0 Å². The van der Waals surface area contributed by atoms with Crippen molar-refractivity contribution in [3.63, 3.8) is 0 Å². The van der Waals surface area contributed by atoms with E-state index < -0.39 is 0 Å². The zero-order valence-corrected chi connectivity index (χ0v) is 10.3. The molecule has 0 heterocycles. The van der Waals surface area contributed by atoms with Gasteiger partial charge in [0.1, 0.15) is 0 Å². The van der Waals surface area contributed by atoms with Gasteiger partial charge in [0.25, 0.3) is 0 Å². The van der Waals surface area contributed by atoms with Crippen LogP contribution in [0, 0.1) is 0 Å². The van der Waals surface area contributed by atoms with Gasteiger partial charge < -0.3 is 5.21 Å². The van der Waals surface area contributed by atoms with Gasteiger partial charge in [-0.05, 0) is 25.7 Å². The highest BCUT2D eigenvalue weighted by atomic mass is 16.5. The maximum Gasteiger partial charge on any atom is 0.0350 e. The third-order valence-corrected chi connectivity index (χ3v) is 2.93. The first-order valence-electron chi connectivity index (χ1n) is 6.18. The molecule has 0 saturated heterocycles. The lowest BCUT2D eigenvalue weighted by molar-refractivity contribution is -0.165. The van der Waals surface area contributed by atoms with Crippen LogP contribution in [0.15, 0.2) is 0 Å². The third-order valence-electron chi connectivity index (χ3n) is 2.93. The lowest BCUT2D eigenvalue weighted by Gasteiger charge is -2.31. The fourth-order valence-corrected chi connectivity index (χ4v) is 2.01. The zero-order valence-electron chi connectivity index (χ0n) is 10.3. The van der Waals surface area contributed by atoms with Crippen LogP contribution in [-0.4, -0.2) is 22.4 Å². The summed E-state index contributed by atoms with van der Waals surface area (Å²) in [7, 11) is 0. The van der Waals surface area contributed by atoms with E-state index in [0.29, 0.717) is 12.1 Å². The monoisotopic (exact) mass is 201 g/mol. The van der Waals surface area contributed by atoms with Crippen LogP contribution in [0.1, 0.15) is 66.2 Å². The standard InChI is InChI=1S/C12H27NO/c1-5-9-11(7-3)13(14)12(8-4)10-6-2/h11-12,14H,5-10H2,1-4H3. The van der Waals surface area contributed by atoms with Crippen LogP contribution < -0.4 is 0 Å². The van der Waals surface area contributed by atoms with Crippen LogP contribution in [0.25, 0.3) is 0 Å². The molecule has 0 aromatic carbocycles. The fourth-order valence-electron chi connectivity index (χ4n) is 2.01. The molecular formula is C12H27NO. The molecule has 14 heavy (non-hydrogen) atoms. The number of hydroxylamine groups is 2. The van der Waals surface area contributed by atoms with Gasteiger partial charge in [-0.1, -0.05) is 40.5 Å². The van der Waals surface area contributed by atoms with Crippen LogP contribution in [-0.2, 0) is 0 Å². The quantitative estimate of drug-likeness (QED) is 0.603. The van der Waals surface area contributed by atoms with E-state index in [1.807, 2.05) is 0 Å². The summed E-state index contributed by atoms with van der Waals surface area (Å²) in [5.74, 6) is 0. The summed E-state index contributed by atoms with van der Waals surface area (Å²) in [6, 6.07) is 0.716. The molecule has 0 aliphatic heterocycles. The van der Waals surface area contributed by atoms with E-state index in [-0.39, 0.29) is 0 Å². The molecule has 0 rings (SSSR count). The smallest absolute Gasteiger partial charge is 0.0350 e. The van der Waals surface area contributed by atoms with Crippen LogP contribution in [0.3, 0.4) is 0 Å². The molecule has 0 aromatic heterocycles. The zero-order chi connectivity index (χ0) is 11.0. The molecule has 2 unspecified atom stereocenters. The van der Waals surface area contributed by atoms with Gasteiger partial charge in [-0.15, -0.1) is 0 Å². The first-order chi connectivity index (χ1) is 6.71. The maximum absolute atomic E-state index is 10.1. The van der Waals surface area contributed by atoms with Crippen molar-refractivity contribution >= 4 is 0 Å². The Balaban J connectivity index is 4.13. The Bertz CT molecular complexity index is 113. The maximum atomic E-state index is 10.1. The molecule has 0 amide bonds. The van der Waals surface area contributed by atoms with Gasteiger partial charge in [-0.3, -0.25) is 0 Å². The molecule has 0 saturated carbocycles. The predicted molar refractivity (Wildman–Crippen MR) is 61.6 cm³/mol. The van der Waals surface area contributed by atoms with Crippen molar-refractivity contribution in [2.45, 2.75) is 78.3 Å². The van der Waals surface area contributed by atoms with Crippen molar-refractivity contribution in [3.8, 4) is 0 Å². The minimum absolute atomic E-state index is 0.358. The van der Waals surface area contributed by atoms with E-state index in [1.165, 1.54) is 0 Å². The lowest BCUT2D eigenvalue weighted by atomic mass is 10.0. The predicted octanol–water partition coefficient (Wildman–Crippen LogP) is 3.84. The van der Waals surface area contributed by atoms with E-state index in [4.69, 9.17) is 0 Å². The summed E-state index contributed by atoms with van der Waals surface area (Å²) in [5.41, 5.74) is 0. The molecule has 2 atom stereocenters. The SMILES string of the molecule is CCCC(CC)N(O)C(CC)CCC. The molecule has 86 valence electrons. The molecule has 1 N–H and O–H groups in total. The minimum Gasteiger partial charge on any atom is -0.313 e. The molecule has 2 nitrogen and oxygen atoms in total. The molecule has 0 spiro atoms. The Kier molecular flexibility index (Phi) is 8.20. The summed E-state index contributed by atoms with van der Waals surface area (Å²) in [5, 5.41) is 11.7. The highest BCUT2D eigenvalue weighted by molar-refractivity contribution is 4.70. The first kappa shape index (κ1) is 13.9. The topological polar surface area (TPSA) is 23.5 Å². The van der Waals surface area contributed by atoms with E-state index in [2.05, 4.69) is 27.7 Å². The Morgan fingerprint density at radius 1 is 0.857 bits per heavy atom. The third kappa shape index (κ3) is 4.43. The average molecular weight is 201 g/mol. The molecule has 0 aromatic rings. The van der Waals surface area contributed by atoms with Crippen LogP contribution >= 0.6 is 0 Å². The van der Waals surface area contributed by atoms with Gasteiger partial charge in [-0.2, -0.15) is 5.06 Å². The van der Waals surface area contributed by atoms with Gasteiger partial charge >= 0.3 is 0 Å². The number of hydrogen-bond donors (Lipinski definition) is 1. The van der Waals surface area contributed by atoms with Crippen LogP contribution in [0.5, 0.6) is 0 Å². The Morgan fingerprint density at radius 3 is 1.43 bits per heavy atom. The Labute approximate surface area is 89.3 Å². The highest BCUT2D eigenvalue weighted by Gasteiger charge is 2.20. The second-order valence-corrected chi connectivity index (χ2v) is 4.08. The van der Waals surface area contributed by atoms with Gasteiger partial charge in [0, 0.05) is 12.1 Å². The second kappa shape index (κ2) is 8.25. The normalized spacial score (nSPS) is 15.9. The van der Waals surface area contributed by atoms with Crippen LogP contribution in [0.4, 0.5) is 0 Å². The van der Waals surface area contributed by atoms with Crippen molar-refractivity contribution in [3.05, 3.63) is 0 Å². The summed E-state index contributed by atoms with van der Waals surface area (Å²) < 4.78 is 0. The molecule has 0 aliphatic carbocycles. The van der Waals surface area contributed by atoms with Gasteiger partial charge in [-0.25, -0.2) is 0 Å². The van der Waals surface area contributed by atoms with Gasteiger partial charge in [0.05, 0.1) is 0 Å². The van der Waals surface area contributed by atoms with E-state index in [1.54, 1.807) is 5.06 Å². The van der Waals surface area contributed by atoms with E-state index >= 15 is 0 Å². The lowest BCUT2D eigenvalue weighted by Crippen LogP contribution is -2.40. The van der Waals surface area contributed by atoms with Crippen molar-refractivity contribution in [2.75, 3.05) is 0 Å². The molecule has 0 radical (unpaired) electrons. The Hall–Kier alpha value is -0.0800. The van der Waals surface area contributed by atoms with Crippen LogP contribution in [0.2, 0.25) is 0 Å². The number of nitrogens with zero attached hydrogens (tertiary/aromatic N) is 1. The fraction of sp³-hybridized carbons (Fsp3) is 1.00. The second-order valence-electron chi connectivity index (χ2n) is 4.08. The van der Waals surface area contributed by atoms with Crippen molar-refractivity contribution in [1.82, 2.24) is 5.06 Å². The molecule has 0 bridgehead atoms. The highest BCUT2D eigenvalue weighted by Crippen LogP contribution is 2.17. The number of rotatable bonds is 8. The molecule has 0 aliphatic rings. The average Bonchev–Trinajstić information content (AvgIpc) is 2.21. The van der Waals surface area contributed by atoms with E-state index in [0.717, 1.165) is 38.5 Å². The summed E-state index contributed by atoms with van der Waals surface area (Å²) in [6.07, 6.45) is 6.60. The van der Waals surface area contributed by atoms with Crippen molar-refractivity contribution in [1.29, 1.82) is 0 Å². The Morgan fingerprint density at radius 2 is 1.21 bits per heavy atom. The summed E-state index contributed by atoms with van der Waals surface area (Å²) in [4.78, 5) is 0. The first-order valence-corrected chi connectivity index (χ1v) is 6.18. The molecule has 2 heteroatoms. The van der Waals surface area contributed by atoms with Crippen molar-refractivity contribution in [2.24, 2.45) is 0 Å². The summed E-state index contributed by atoms with van der Waals surface area (Å²) >= 11 is 0. The van der Waals surface area contributed by atoms with Crippen molar-refractivity contribution < 1.29 is 5.21 Å². The largest absolute Gasteiger partial charge is 0.313 e. The summed E-state index contributed by atoms with van der Waals surface area (Å²) in [6.45, 7) is 8.67. The minimum atomic E-state index is 0.358.